The minimum atomic E-state index is -0.376. The van der Waals surface area contributed by atoms with E-state index in [1.54, 1.807) is 6.20 Å². The van der Waals surface area contributed by atoms with Crippen molar-refractivity contribution in [2.24, 2.45) is 5.73 Å². The quantitative estimate of drug-likeness (QED) is 0.825. The van der Waals surface area contributed by atoms with Gasteiger partial charge in [0.05, 0.1) is 18.4 Å². The topological polar surface area (TPSA) is 72.9 Å². The van der Waals surface area contributed by atoms with Crippen LogP contribution in [0.15, 0.2) is 18.7 Å². The molecule has 1 heterocycles. The minimum absolute atomic E-state index is 0.0196. The highest BCUT2D eigenvalue weighted by Crippen LogP contribution is 2.29. The molecular weight excluding hydrogens is 228 g/mol. The third-order valence-corrected chi connectivity index (χ3v) is 3.65. The molecule has 0 saturated heterocycles. The zero-order valence-electron chi connectivity index (χ0n) is 10.9. The Hall–Kier alpha value is -1.36. The second-order valence-corrected chi connectivity index (χ2v) is 5.02. The maximum atomic E-state index is 11.9. The minimum Gasteiger partial charge on any atom is -0.350 e. The van der Waals surface area contributed by atoms with Crippen LogP contribution in [0.3, 0.4) is 0 Å². The highest BCUT2D eigenvalue weighted by Gasteiger charge is 2.30. The van der Waals surface area contributed by atoms with Crippen molar-refractivity contribution in [3.8, 4) is 0 Å². The highest BCUT2D eigenvalue weighted by molar-refractivity contribution is 5.81. The standard InChI is InChI=1S/C13H22N4O/c1-2-4-10(14)13(18)16-11-5-3-6-12(11)17-8-7-15-9-17/h7-12H,2-6,14H2,1H3,(H,16,18). The summed E-state index contributed by atoms with van der Waals surface area (Å²) in [5.74, 6) is -0.0196. The molecule has 0 aliphatic heterocycles. The van der Waals surface area contributed by atoms with Gasteiger partial charge in [0.25, 0.3) is 0 Å². The third kappa shape index (κ3) is 2.90. The zero-order valence-corrected chi connectivity index (χ0v) is 10.9. The van der Waals surface area contributed by atoms with E-state index < -0.39 is 0 Å². The number of imidazole rings is 1. The van der Waals surface area contributed by atoms with Gasteiger partial charge < -0.3 is 15.6 Å². The van der Waals surface area contributed by atoms with Crippen molar-refractivity contribution < 1.29 is 4.79 Å². The normalized spacial score (nSPS) is 25.0. The van der Waals surface area contributed by atoms with E-state index >= 15 is 0 Å². The maximum absolute atomic E-state index is 11.9. The molecule has 1 aromatic rings. The van der Waals surface area contributed by atoms with E-state index in [0.717, 1.165) is 32.1 Å². The molecule has 1 fully saturated rings. The van der Waals surface area contributed by atoms with E-state index in [9.17, 15) is 4.79 Å². The smallest absolute Gasteiger partial charge is 0.237 e. The van der Waals surface area contributed by atoms with Gasteiger partial charge in [0.1, 0.15) is 0 Å². The van der Waals surface area contributed by atoms with Crippen LogP contribution in [0, 0.1) is 0 Å². The molecule has 100 valence electrons. The first-order chi connectivity index (χ1) is 8.72. The van der Waals surface area contributed by atoms with Crippen molar-refractivity contribution >= 4 is 5.91 Å². The molecule has 1 aliphatic carbocycles. The summed E-state index contributed by atoms with van der Waals surface area (Å²) in [6, 6.07) is 0.138. The number of hydrogen-bond donors (Lipinski definition) is 2. The molecule has 5 heteroatoms. The van der Waals surface area contributed by atoms with Crippen LogP contribution in [0.25, 0.3) is 0 Å². The SMILES string of the molecule is CCCC(N)C(=O)NC1CCCC1n1ccnc1. The van der Waals surface area contributed by atoms with Crippen LogP contribution in [0.2, 0.25) is 0 Å². The number of carbonyl (C=O) groups is 1. The van der Waals surface area contributed by atoms with Crippen LogP contribution in [0.4, 0.5) is 0 Å². The molecule has 1 amide bonds. The van der Waals surface area contributed by atoms with E-state index in [1.807, 2.05) is 19.4 Å². The molecule has 3 atom stereocenters. The molecular formula is C13H22N4O. The molecule has 0 radical (unpaired) electrons. The van der Waals surface area contributed by atoms with Crippen molar-refractivity contribution in [1.82, 2.24) is 14.9 Å². The van der Waals surface area contributed by atoms with Crippen molar-refractivity contribution in [1.29, 1.82) is 0 Å². The second-order valence-electron chi connectivity index (χ2n) is 5.02. The van der Waals surface area contributed by atoms with Crippen LogP contribution in [0.1, 0.15) is 45.1 Å². The van der Waals surface area contributed by atoms with E-state index in [4.69, 9.17) is 5.73 Å². The summed E-state index contributed by atoms with van der Waals surface area (Å²) in [6.45, 7) is 2.04. The molecule has 5 nitrogen and oxygen atoms in total. The number of rotatable bonds is 5. The number of hydrogen-bond acceptors (Lipinski definition) is 3. The predicted molar refractivity (Wildman–Crippen MR) is 69.9 cm³/mol. The van der Waals surface area contributed by atoms with Crippen molar-refractivity contribution in [2.45, 2.75) is 57.2 Å². The van der Waals surface area contributed by atoms with E-state index in [-0.39, 0.29) is 18.0 Å². The lowest BCUT2D eigenvalue weighted by Crippen LogP contribution is -2.46. The lowest BCUT2D eigenvalue weighted by atomic mass is 10.1. The van der Waals surface area contributed by atoms with Gasteiger partial charge in [-0.25, -0.2) is 4.98 Å². The highest BCUT2D eigenvalue weighted by atomic mass is 16.2. The van der Waals surface area contributed by atoms with Crippen LogP contribution < -0.4 is 11.1 Å². The van der Waals surface area contributed by atoms with Crippen LogP contribution in [-0.2, 0) is 4.79 Å². The molecule has 1 saturated carbocycles. The molecule has 3 unspecified atom stereocenters. The number of aromatic nitrogens is 2. The van der Waals surface area contributed by atoms with Gasteiger partial charge in [-0.1, -0.05) is 13.3 Å². The third-order valence-electron chi connectivity index (χ3n) is 3.65. The summed E-state index contributed by atoms with van der Waals surface area (Å²) in [7, 11) is 0. The Bertz CT molecular complexity index is 376. The lowest BCUT2D eigenvalue weighted by molar-refractivity contribution is -0.123. The van der Waals surface area contributed by atoms with Gasteiger partial charge in [-0.2, -0.15) is 0 Å². The van der Waals surface area contributed by atoms with Crippen LogP contribution in [0.5, 0.6) is 0 Å². The van der Waals surface area contributed by atoms with Crippen LogP contribution in [-0.4, -0.2) is 27.5 Å². The fourth-order valence-corrected chi connectivity index (χ4v) is 2.66. The second kappa shape index (κ2) is 6.00. The van der Waals surface area contributed by atoms with E-state index in [0.29, 0.717) is 6.04 Å². The first-order valence-corrected chi connectivity index (χ1v) is 6.75. The van der Waals surface area contributed by atoms with Gasteiger partial charge >= 0.3 is 0 Å². The fraction of sp³-hybridized carbons (Fsp3) is 0.692. The maximum Gasteiger partial charge on any atom is 0.237 e. The Morgan fingerprint density at radius 2 is 2.44 bits per heavy atom. The van der Waals surface area contributed by atoms with Gasteiger partial charge in [0.2, 0.25) is 5.91 Å². The fourth-order valence-electron chi connectivity index (χ4n) is 2.66. The van der Waals surface area contributed by atoms with Crippen molar-refractivity contribution in [3.63, 3.8) is 0 Å². The Morgan fingerprint density at radius 1 is 1.61 bits per heavy atom. The number of amides is 1. The van der Waals surface area contributed by atoms with Gasteiger partial charge in [-0.05, 0) is 25.7 Å². The molecule has 1 aromatic heterocycles. The largest absolute Gasteiger partial charge is 0.350 e. The van der Waals surface area contributed by atoms with E-state index in [1.165, 1.54) is 0 Å². The molecule has 1 aliphatic rings. The zero-order chi connectivity index (χ0) is 13.0. The first kappa shape index (κ1) is 13.1. The lowest BCUT2D eigenvalue weighted by Gasteiger charge is -2.23. The number of carbonyl (C=O) groups excluding carboxylic acids is 1. The van der Waals surface area contributed by atoms with Crippen LogP contribution >= 0.6 is 0 Å². The molecule has 0 spiro atoms. The number of nitrogens with one attached hydrogen (secondary N) is 1. The summed E-state index contributed by atoms with van der Waals surface area (Å²) < 4.78 is 2.09. The van der Waals surface area contributed by atoms with E-state index in [2.05, 4.69) is 14.9 Å². The molecule has 18 heavy (non-hydrogen) atoms. The summed E-state index contributed by atoms with van der Waals surface area (Å²) in [6.07, 6.45) is 10.5. The predicted octanol–water partition coefficient (Wildman–Crippen LogP) is 1.22. The summed E-state index contributed by atoms with van der Waals surface area (Å²) in [5.41, 5.74) is 5.84. The number of nitrogens with two attached hydrogens (primary N) is 1. The molecule has 2 rings (SSSR count). The van der Waals surface area contributed by atoms with Crippen molar-refractivity contribution in [2.75, 3.05) is 0 Å². The summed E-state index contributed by atoms with van der Waals surface area (Å²) in [5, 5.41) is 3.09. The average Bonchev–Trinajstić information content (AvgIpc) is 2.98. The molecule has 0 aromatic carbocycles. The molecule has 3 N–H and O–H groups in total. The molecule has 0 bridgehead atoms. The van der Waals surface area contributed by atoms with Gasteiger partial charge in [0, 0.05) is 18.4 Å². The Balaban J connectivity index is 1.94. The van der Waals surface area contributed by atoms with Gasteiger partial charge in [0.15, 0.2) is 0 Å². The Kier molecular flexibility index (Phi) is 4.36. The summed E-state index contributed by atoms with van der Waals surface area (Å²) in [4.78, 5) is 16.0. The van der Waals surface area contributed by atoms with Gasteiger partial charge in [-0.3, -0.25) is 4.79 Å². The Morgan fingerprint density at radius 3 is 3.11 bits per heavy atom. The summed E-state index contributed by atoms with van der Waals surface area (Å²) >= 11 is 0. The van der Waals surface area contributed by atoms with Gasteiger partial charge in [-0.15, -0.1) is 0 Å². The number of nitrogens with zero attached hydrogens (tertiary/aromatic N) is 2. The monoisotopic (exact) mass is 250 g/mol. The Labute approximate surface area is 108 Å². The first-order valence-electron chi connectivity index (χ1n) is 6.75. The van der Waals surface area contributed by atoms with Crippen molar-refractivity contribution in [3.05, 3.63) is 18.7 Å². The average molecular weight is 250 g/mol.